The van der Waals surface area contributed by atoms with Crippen molar-refractivity contribution in [1.29, 1.82) is 0 Å². The van der Waals surface area contributed by atoms with Crippen LogP contribution < -0.4 is 5.32 Å². The van der Waals surface area contributed by atoms with Crippen LogP contribution in [0.15, 0.2) is 6.20 Å². The number of hydrogen-bond acceptors (Lipinski definition) is 4. The Morgan fingerprint density at radius 3 is 3.16 bits per heavy atom. The van der Waals surface area contributed by atoms with Gasteiger partial charge in [-0.1, -0.05) is 13.3 Å². The molecule has 1 N–H and O–H groups in total. The van der Waals surface area contributed by atoms with E-state index in [-0.39, 0.29) is 5.91 Å². The normalized spacial score (nSPS) is 20.4. The van der Waals surface area contributed by atoms with Gasteiger partial charge in [-0.2, -0.15) is 0 Å². The number of nitrogens with one attached hydrogen (secondary N) is 1. The van der Waals surface area contributed by atoms with Crippen LogP contribution in [0.4, 0.5) is 5.13 Å². The molecule has 1 aromatic heterocycles. The fourth-order valence-corrected chi connectivity index (χ4v) is 3.29. The summed E-state index contributed by atoms with van der Waals surface area (Å²) in [4.78, 5) is 19.5. The third kappa shape index (κ3) is 4.28. The molecule has 106 valence electrons. The van der Waals surface area contributed by atoms with Gasteiger partial charge < -0.3 is 5.32 Å². The second-order valence-electron chi connectivity index (χ2n) is 5.25. The minimum atomic E-state index is 0.0646. The van der Waals surface area contributed by atoms with Crippen LogP contribution in [0, 0.1) is 0 Å². The Bertz CT molecular complexity index is 419. The van der Waals surface area contributed by atoms with Crippen LogP contribution in [0.2, 0.25) is 0 Å². The number of aromatic nitrogens is 1. The molecule has 1 amide bonds. The monoisotopic (exact) mass is 281 g/mol. The number of nitrogens with zero attached hydrogens (tertiary/aromatic N) is 2. The highest BCUT2D eigenvalue weighted by molar-refractivity contribution is 7.15. The molecule has 0 spiro atoms. The second-order valence-corrected chi connectivity index (χ2v) is 6.36. The topological polar surface area (TPSA) is 45.2 Å². The largest absolute Gasteiger partial charge is 0.302 e. The molecule has 1 aliphatic rings. The van der Waals surface area contributed by atoms with E-state index in [0.717, 1.165) is 18.1 Å². The highest BCUT2D eigenvalue weighted by Gasteiger charge is 2.19. The summed E-state index contributed by atoms with van der Waals surface area (Å²) in [6.07, 6.45) is 7.27. The lowest BCUT2D eigenvalue weighted by molar-refractivity contribution is -0.116. The lowest BCUT2D eigenvalue weighted by atomic mass is 10.0. The molecule has 0 aromatic carbocycles. The van der Waals surface area contributed by atoms with Gasteiger partial charge in [-0.05, 0) is 32.7 Å². The van der Waals surface area contributed by atoms with Gasteiger partial charge in [0.05, 0.1) is 0 Å². The summed E-state index contributed by atoms with van der Waals surface area (Å²) in [6.45, 7) is 6.44. The third-order valence-electron chi connectivity index (χ3n) is 3.58. The molecule has 1 atom stereocenters. The number of anilines is 1. The van der Waals surface area contributed by atoms with E-state index in [0.29, 0.717) is 12.5 Å². The zero-order valence-electron chi connectivity index (χ0n) is 11.8. The summed E-state index contributed by atoms with van der Waals surface area (Å²) in [5.41, 5.74) is 0. The molecule has 1 fully saturated rings. The zero-order valence-corrected chi connectivity index (χ0v) is 12.6. The first kappa shape index (κ1) is 14.5. The maximum Gasteiger partial charge on any atom is 0.226 e. The van der Waals surface area contributed by atoms with E-state index in [4.69, 9.17) is 0 Å². The fraction of sp³-hybridized carbons (Fsp3) is 0.714. The number of piperidine rings is 1. The highest BCUT2D eigenvalue weighted by atomic mass is 32.1. The van der Waals surface area contributed by atoms with Gasteiger partial charge in [0.2, 0.25) is 5.91 Å². The van der Waals surface area contributed by atoms with Crippen molar-refractivity contribution in [2.75, 3.05) is 11.9 Å². The predicted octanol–water partition coefficient (Wildman–Crippen LogP) is 3.26. The Hall–Kier alpha value is -0.940. The minimum Gasteiger partial charge on any atom is -0.302 e. The lowest BCUT2D eigenvalue weighted by Crippen LogP contribution is -2.36. The average molecular weight is 281 g/mol. The molecule has 2 rings (SSSR count). The first-order valence-electron chi connectivity index (χ1n) is 7.17. The second kappa shape index (κ2) is 7.01. The van der Waals surface area contributed by atoms with E-state index in [1.165, 1.54) is 30.7 Å². The molecule has 1 aliphatic heterocycles. The third-order valence-corrected chi connectivity index (χ3v) is 4.47. The van der Waals surface area contributed by atoms with E-state index in [1.807, 2.05) is 13.1 Å². The summed E-state index contributed by atoms with van der Waals surface area (Å²) in [5.74, 6) is 0.0646. The van der Waals surface area contributed by atoms with Gasteiger partial charge in [-0.15, -0.1) is 11.3 Å². The Morgan fingerprint density at radius 1 is 1.58 bits per heavy atom. The van der Waals surface area contributed by atoms with E-state index in [9.17, 15) is 4.79 Å². The molecule has 0 bridgehead atoms. The molecule has 0 aliphatic carbocycles. The summed E-state index contributed by atoms with van der Waals surface area (Å²) in [6, 6.07) is 0.661. The maximum absolute atomic E-state index is 11.5. The number of hydrogen-bond donors (Lipinski definition) is 1. The van der Waals surface area contributed by atoms with Crippen molar-refractivity contribution in [2.45, 2.75) is 58.5 Å². The van der Waals surface area contributed by atoms with Crippen LogP contribution in [0.1, 0.15) is 50.8 Å². The number of likely N-dealkylation sites (tertiary alicyclic amines) is 1. The van der Waals surface area contributed by atoms with Crippen molar-refractivity contribution in [2.24, 2.45) is 0 Å². The SMILES string of the molecule is CCCC(=O)Nc1ncc(CN2CCCCC2C)s1. The van der Waals surface area contributed by atoms with E-state index >= 15 is 0 Å². The van der Waals surface area contributed by atoms with Crippen molar-refractivity contribution < 1.29 is 4.79 Å². The fourth-order valence-electron chi connectivity index (χ4n) is 2.44. The Kier molecular flexibility index (Phi) is 5.34. The van der Waals surface area contributed by atoms with Gasteiger partial charge in [0, 0.05) is 30.1 Å². The number of carbonyl (C=O) groups is 1. The molecule has 1 saturated heterocycles. The molecule has 19 heavy (non-hydrogen) atoms. The number of rotatable bonds is 5. The number of thiazole rings is 1. The van der Waals surface area contributed by atoms with Gasteiger partial charge >= 0.3 is 0 Å². The van der Waals surface area contributed by atoms with Crippen LogP contribution in [-0.2, 0) is 11.3 Å². The van der Waals surface area contributed by atoms with Crippen LogP contribution in [0.3, 0.4) is 0 Å². The zero-order chi connectivity index (χ0) is 13.7. The summed E-state index contributed by atoms with van der Waals surface area (Å²) >= 11 is 1.60. The van der Waals surface area contributed by atoms with Gasteiger partial charge in [0.15, 0.2) is 5.13 Å². The van der Waals surface area contributed by atoms with Gasteiger partial charge in [0.25, 0.3) is 0 Å². The standard InChI is InChI=1S/C14H23N3OS/c1-3-6-13(18)16-14-15-9-12(19-14)10-17-8-5-4-7-11(17)2/h9,11H,3-8,10H2,1-2H3,(H,15,16,18). The van der Waals surface area contributed by atoms with Crippen molar-refractivity contribution in [1.82, 2.24) is 9.88 Å². The van der Waals surface area contributed by atoms with Crippen molar-refractivity contribution in [3.05, 3.63) is 11.1 Å². The summed E-state index contributed by atoms with van der Waals surface area (Å²) in [5, 5.41) is 3.60. The number of carbonyl (C=O) groups excluding carboxylic acids is 1. The van der Waals surface area contributed by atoms with Gasteiger partial charge in [0.1, 0.15) is 0 Å². The summed E-state index contributed by atoms with van der Waals surface area (Å²) in [7, 11) is 0. The average Bonchev–Trinajstić information content (AvgIpc) is 2.80. The van der Waals surface area contributed by atoms with Crippen molar-refractivity contribution in [3.8, 4) is 0 Å². The maximum atomic E-state index is 11.5. The molecule has 5 heteroatoms. The van der Waals surface area contributed by atoms with E-state index in [2.05, 4.69) is 22.1 Å². The van der Waals surface area contributed by atoms with E-state index < -0.39 is 0 Å². The first-order chi connectivity index (χ1) is 9.19. The predicted molar refractivity (Wildman–Crippen MR) is 79.4 cm³/mol. The quantitative estimate of drug-likeness (QED) is 0.901. The molecular formula is C14H23N3OS. The van der Waals surface area contributed by atoms with Crippen LogP contribution in [0.25, 0.3) is 0 Å². The lowest BCUT2D eigenvalue weighted by Gasteiger charge is -2.32. The first-order valence-corrected chi connectivity index (χ1v) is 7.99. The molecule has 0 radical (unpaired) electrons. The Balaban J connectivity index is 1.88. The van der Waals surface area contributed by atoms with Gasteiger partial charge in [-0.25, -0.2) is 4.98 Å². The molecular weight excluding hydrogens is 258 g/mol. The van der Waals surface area contributed by atoms with Crippen LogP contribution in [-0.4, -0.2) is 28.4 Å². The Labute approximate surface area is 119 Å². The molecule has 4 nitrogen and oxygen atoms in total. The molecule has 1 aromatic rings. The number of amides is 1. The molecule has 1 unspecified atom stereocenters. The minimum absolute atomic E-state index is 0.0646. The summed E-state index contributed by atoms with van der Waals surface area (Å²) < 4.78 is 0. The smallest absolute Gasteiger partial charge is 0.226 e. The van der Waals surface area contributed by atoms with Crippen molar-refractivity contribution >= 4 is 22.4 Å². The van der Waals surface area contributed by atoms with Crippen LogP contribution >= 0.6 is 11.3 Å². The highest BCUT2D eigenvalue weighted by Crippen LogP contribution is 2.24. The molecule has 2 heterocycles. The Morgan fingerprint density at radius 2 is 2.42 bits per heavy atom. The van der Waals surface area contributed by atoms with Crippen LogP contribution in [0.5, 0.6) is 0 Å². The van der Waals surface area contributed by atoms with Gasteiger partial charge in [-0.3, -0.25) is 9.69 Å². The molecule has 0 saturated carbocycles. The van der Waals surface area contributed by atoms with Crippen molar-refractivity contribution in [3.63, 3.8) is 0 Å². The van der Waals surface area contributed by atoms with E-state index in [1.54, 1.807) is 11.3 Å².